The molecule has 0 N–H and O–H groups in total. The molecule has 2 heteroatoms. The largest absolute Gasteiger partial charge is 0.296 e. The lowest BCUT2D eigenvalue weighted by atomic mass is 10.0. The Bertz CT molecular complexity index is 308. The summed E-state index contributed by atoms with van der Waals surface area (Å²) in [6.45, 7) is 4.62. The van der Waals surface area contributed by atoms with Gasteiger partial charge in [-0.15, -0.1) is 0 Å². The van der Waals surface area contributed by atoms with Gasteiger partial charge in [-0.1, -0.05) is 19.9 Å². The summed E-state index contributed by atoms with van der Waals surface area (Å²) < 4.78 is 0. The number of hydrogen-bond donors (Lipinski definition) is 0. The topological polar surface area (TPSA) is 16.1 Å². The average molecular weight is 204 g/mol. The fraction of sp³-hybridized carbons (Fsp3) is 0.615. The summed E-state index contributed by atoms with van der Waals surface area (Å²) in [5.74, 6) is 0.747. The molecule has 1 aliphatic rings. The lowest BCUT2D eigenvalue weighted by Gasteiger charge is -2.28. The van der Waals surface area contributed by atoms with Crippen LogP contribution in [-0.2, 0) is 0 Å². The molecule has 1 saturated heterocycles. The minimum Gasteiger partial charge on any atom is -0.296 e. The number of nitrogens with zero attached hydrogens (tertiary/aromatic N) is 2. The van der Waals surface area contributed by atoms with Crippen molar-refractivity contribution in [3.8, 4) is 0 Å². The van der Waals surface area contributed by atoms with E-state index in [0.717, 1.165) is 12.0 Å². The third-order valence-corrected chi connectivity index (χ3v) is 3.59. The summed E-state index contributed by atoms with van der Waals surface area (Å²) in [7, 11) is 2.25. The lowest BCUT2D eigenvalue weighted by molar-refractivity contribution is 0.200. The zero-order valence-electron chi connectivity index (χ0n) is 9.85. The molecule has 0 aliphatic carbocycles. The third-order valence-electron chi connectivity index (χ3n) is 3.59. The number of aromatic nitrogens is 1. The molecule has 15 heavy (non-hydrogen) atoms. The van der Waals surface area contributed by atoms with Gasteiger partial charge in [0.25, 0.3) is 0 Å². The van der Waals surface area contributed by atoms with Crippen LogP contribution in [0.5, 0.6) is 0 Å². The Balaban J connectivity index is 2.14. The van der Waals surface area contributed by atoms with Gasteiger partial charge in [-0.2, -0.15) is 0 Å². The van der Waals surface area contributed by atoms with E-state index in [1.165, 1.54) is 18.4 Å². The van der Waals surface area contributed by atoms with Gasteiger partial charge in [0, 0.05) is 24.5 Å². The Kier molecular flexibility index (Phi) is 3.06. The van der Waals surface area contributed by atoms with Crippen molar-refractivity contribution in [1.82, 2.24) is 9.88 Å². The van der Waals surface area contributed by atoms with Crippen molar-refractivity contribution in [2.45, 2.75) is 38.8 Å². The molecule has 2 nitrogen and oxygen atoms in total. The van der Waals surface area contributed by atoms with Gasteiger partial charge in [-0.3, -0.25) is 9.88 Å². The fourth-order valence-corrected chi connectivity index (χ4v) is 2.75. The Labute approximate surface area is 92.3 Å². The maximum atomic E-state index is 4.21. The monoisotopic (exact) mass is 204 g/mol. The van der Waals surface area contributed by atoms with Crippen LogP contribution in [0.3, 0.4) is 0 Å². The maximum Gasteiger partial charge on any atom is 0.0363 e. The summed E-state index contributed by atoms with van der Waals surface area (Å²) in [6, 6.07) is 5.53. The lowest BCUT2D eigenvalue weighted by Crippen LogP contribution is -2.31. The van der Waals surface area contributed by atoms with E-state index < -0.39 is 0 Å². The molecule has 1 aromatic heterocycles. The fourth-order valence-electron chi connectivity index (χ4n) is 2.75. The van der Waals surface area contributed by atoms with Crippen LogP contribution < -0.4 is 0 Å². The summed E-state index contributed by atoms with van der Waals surface area (Å²) >= 11 is 0. The molecule has 0 saturated carbocycles. The molecular formula is C13H20N2. The van der Waals surface area contributed by atoms with E-state index in [4.69, 9.17) is 0 Å². The van der Waals surface area contributed by atoms with E-state index in [-0.39, 0.29) is 0 Å². The van der Waals surface area contributed by atoms with Crippen molar-refractivity contribution in [3.05, 3.63) is 30.1 Å². The van der Waals surface area contributed by atoms with E-state index in [1.807, 2.05) is 18.5 Å². The Hall–Kier alpha value is -0.890. The molecule has 1 aliphatic heterocycles. The van der Waals surface area contributed by atoms with Gasteiger partial charge in [0.15, 0.2) is 0 Å². The molecule has 2 rings (SSSR count). The molecule has 0 aromatic carbocycles. The molecule has 0 bridgehead atoms. The maximum absolute atomic E-state index is 4.21. The highest BCUT2D eigenvalue weighted by Crippen LogP contribution is 2.36. The number of pyridine rings is 1. The first-order valence-corrected chi connectivity index (χ1v) is 5.82. The van der Waals surface area contributed by atoms with Crippen LogP contribution in [0.4, 0.5) is 0 Å². The smallest absolute Gasteiger partial charge is 0.0363 e. The van der Waals surface area contributed by atoms with Crippen LogP contribution in [0, 0.1) is 5.92 Å². The zero-order valence-corrected chi connectivity index (χ0v) is 9.85. The number of rotatable bonds is 2. The summed E-state index contributed by atoms with van der Waals surface area (Å²) in [5, 5.41) is 0. The molecule has 82 valence electrons. The van der Waals surface area contributed by atoms with Crippen LogP contribution in [0.2, 0.25) is 0 Å². The first-order chi connectivity index (χ1) is 7.20. The van der Waals surface area contributed by atoms with Crippen molar-refractivity contribution in [2.24, 2.45) is 5.92 Å². The molecule has 1 aromatic rings. The molecule has 0 unspecified atom stereocenters. The van der Waals surface area contributed by atoms with Crippen LogP contribution in [0.15, 0.2) is 24.5 Å². The quantitative estimate of drug-likeness (QED) is 0.736. The van der Waals surface area contributed by atoms with Crippen LogP contribution in [0.25, 0.3) is 0 Å². The molecule has 0 amide bonds. The highest BCUT2D eigenvalue weighted by molar-refractivity contribution is 5.16. The predicted octanol–water partition coefficient (Wildman–Crippen LogP) is 2.87. The van der Waals surface area contributed by atoms with Crippen molar-refractivity contribution >= 4 is 0 Å². The van der Waals surface area contributed by atoms with Crippen molar-refractivity contribution in [2.75, 3.05) is 7.05 Å². The Morgan fingerprint density at radius 3 is 2.73 bits per heavy atom. The second-order valence-corrected chi connectivity index (χ2v) is 4.86. The van der Waals surface area contributed by atoms with E-state index in [9.17, 15) is 0 Å². The average Bonchev–Trinajstić information content (AvgIpc) is 2.61. The van der Waals surface area contributed by atoms with Gasteiger partial charge in [0.2, 0.25) is 0 Å². The first kappa shape index (κ1) is 10.6. The third kappa shape index (κ3) is 2.05. The van der Waals surface area contributed by atoms with Gasteiger partial charge >= 0.3 is 0 Å². The SMILES string of the molecule is CC(C)[C@@H]1CC[C@@H](c2cccnc2)N1C. The van der Waals surface area contributed by atoms with Gasteiger partial charge in [0.1, 0.15) is 0 Å². The summed E-state index contributed by atoms with van der Waals surface area (Å²) in [4.78, 5) is 6.72. The molecule has 2 heterocycles. The van der Waals surface area contributed by atoms with Crippen molar-refractivity contribution in [1.29, 1.82) is 0 Å². The molecule has 0 radical (unpaired) electrons. The highest BCUT2D eigenvalue weighted by atomic mass is 15.2. The van der Waals surface area contributed by atoms with Crippen molar-refractivity contribution in [3.63, 3.8) is 0 Å². The minimum atomic E-state index is 0.575. The van der Waals surface area contributed by atoms with E-state index >= 15 is 0 Å². The normalized spacial score (nSPS) is 27.5. The van der Waals surface area contributed by atoms with Gasteiger partial charge in [0.05, 0.1) is 0 Å². The second kappa shape index (κ2) is 4.31. The van der Waals surface area contributed by atoms with Crippen molar-refractivity contribution < 1.29 is 0 Å². The van der Waals surface area contributed by atoms with Gasteiger partial charge < -0.3 is 0 Å². The second-order valence-electron chi connectivity index (χ2n) is 4.86. The van der Waals surface area contributed by atoms with E-state index in [1.54, 1.807) is 0 Å². The summed E-state index contributed by atoms with van der Waals surface area (Å²) in [5.41, 5.74) is 1.36. The van der Waals surface area contributed by atoms with E-state index in [2.05, 4.69) is 36.8 Å². The van der Waals surface area contributed by atoms with Gasteiger partial charge in [-0.05, 0) is 37.4 Å². The molecule has 1 fully saturated rings. The highest BCUT2D eigenvalue weighted by Gasteiger charge is 2.32. The van der Waals surface area contributed by atoms with Crippen LogP contribution in [-0.4, -0.2) is 23.0 Å². The summed E-state index contributed by atoms with van der Waals surface area (Å²) in [6.07, 6.45) is 6.43. The number of likely N-dealkylation sites (tertiary alicyclic amines) is 1. The van der Waals surface area contributed by atoms with Crippen LogP contribution >= 0.6 is 0 Å². The molecular weight excluding hydrogens is 184 g/mol. The minimum absolute atomic E-state index is 0.575. The zero-order chi connectivity index (χ0) is 10.8. The standard InChI is InChI=1S/C13H20N2/c1-10(2)12-6-7-13(15(12)3)11-5-4-8-14-9-11/h4-5,8-10,12-13H,6-7H2,1-3H3/t12-,13-/m0/s1. The van der Waals surface area contributed by atoms with Crippen LogP contribution in [0.1, 0.15) is 38.3 Å². The Morgan fingerprint density at radius 1 is 1.40 bits per heavy atom. The predicted molar refractivity (Wildman–Crippen MR) is 62.6 cm³/mol. The Morgan fingerprint density at radius 2 is 2.20 bits per heavy atom. The molecule has 0 spiro atoms. The van der Waals surface area contributed by atoms with E-state index in [0.29, 0.717) is 6.04 Å². The molecule has 2 atom stereocenters. The van der Waals surface area contributed by atoms with Gasteiger partial charge in [-0.25, -0.2) is 0 Å². The number of hydrogen-bond acceptors (Lipinski definition) is 2. The first-order valence-electron chi connectivity index (χ1n) is 5.82.